The van der Waals surface area contributed by atoms with Crippen molar-refractivity contribution < 1.29 is 23.5 Å². The van der Waals surface area contributed by atoms with Gasteiger partial charge >= 0.3 is 5.97 Å². The third kappa shape index (κ3) is 4.19. The summed E-state index contributed by atoms with van der Waals surface area (Å²) in [6, 6.07) is 4.03. The van der Waals surface area contributed by atoms with Crippen molar-refractivity contribution in [3.05, 3.63) is 41.2 Å². The van der Waals surface area contributed by atoms with E-state index >= 15 is 0 Å². The van der Waals surface area contributed by atoms with Gasteiger partial charge in [-0.25, -0.2) is 9.18 Å². The van der Waals surface area contributed by atoms with Gasteiger partial charge in [-0.15, -0.1) is 0 Å². The molecule has 0 aliphatic heterocycles. The van der Waals surface area contributed by atoms with E-state index in [2.05, 4.69) is 4.74 Å². The monoisotopic (exact) mass is 280 g/mol. The molecule has 0 radical (unpaired) electrons. The summed E-state index contributed by atoms with van der Waals surface area (Å²) in [6.07, 6.45) is 2.11. The van der Waals surface area contributed by atoms with Crippen LogP contribution in [0.1, 0.15) is 30.6 Å². The number of Topliss-reactive ketones (excluding diaryl/α,β-unsaturated/α-hetero) is 1. The quantitative estimate of drug-likeness (QED) is 0.457. The summed E-state index contributed by atoms with van der Waals surface area (Å²) in [5.41, 5.74) is 0.519. The van der Waals surface area contributed by atoms with Crippen LogP contribution in [-0.4, -0.2) is 25.5 Å². The number of ketones is 1. The second kappa shape index (κ2) is 7.43. The number of ether oxygens (including phenoxy) is 2. The van der Waals surface area contributed by atoms with Crippen molar-refractivity contribution in [3.8, 4) is 5.75 Å². The first-order valence-electron chi connectivity index (χ1n) is 6.20. The molecule has 0 amide bonds. The first-order valence-corrected chi connectivity index (χ1v) is 6.20. The number of methoxy groups -OCH3 is 1. The van der Waals surface area contributed by atoms with Crippen molar-refractivity contribution in [2.75, 3.05) is 13.7 Å². The predicted molar refractivity (Wildman–Crippen MR) is 72.3 cm³/mol. The molecule has 0 saturated carbocycles. The number of esters is 1. The Balaban J connectivity index is 2.71. The molecule has 0 fully saturated rings. The van der Waals surface area contributed by atoms with Gasteiger partial charge in [-0.1, -0.05) is 6.92 Å². The molecular formula is C15H17FO4. The van der Waals surface area contributed by atoms with Crippen LogP contribution in [-0.2, 0) is 9.53 Å². The molecule has 0 atom stereocenters. The average molecular weight is 280 g/mol. The summed E-state index contributed by atoms with van der Waals surface area (Å²) in [4.78, 5) is 22.4. The van der Waals surface area contributed by atoms with E-state index in [4.69, 9.17) is 4.74 Å². The SMILES string of the molecule is CC/C(=C/COc1ccc(C(C)=O)c(F)c1)C(=O)OC. The Kier molecular flexibility index (Phi) is 5.90. The molecule has 0 bridgehead atoms. The fourth-order valence-electron chi connectivity index (χ4n) is 1.61. The normalized spacial score (nSPS) is 11.1. The molecule has 0 aliphatic carbocycles. The number of benzene rings is 1. The Labute approximate surface area is 117 Å². The van der Waals surface area contributed by atoms with Gasteiger partial charge in [0.2, 0.25) is 0 Å². The lowest BCUT2D eigenvalue weighted by Gasteiger charge is -2.06. The second-order valence-electron chi connectivity index (χ2n) is 4.08. The molecule has 0 aromatic heterocycles. The first-order chi connectivity index (χ1) is 9.49. The van der Waals surface area contributed by atoms with Crippen LogP contribution in [0.5, 0.6) is 5.75 Å². The first kappa shape index (κ1) is 15.9. The highest BCUT2D eigenvalue weighted by molar-refractivity contribution is 5.94. The molecule has 4 nitrogen and oxygen atoms in total. The standard InChI is InChI=1S/C15H17FO4/c1-4-11(15(18)19-3)7-8-20-12-5-6-13(10(2)17)14(16)9-12/h5-7,9H,4,8H2,1-3H3/b11-7-. The van der Waals surface area contributed by atoms with Crippen LogP contribution in [0.4, 0.5) is 4.39 Å². The molecule has 0 N–H and O–H groups in total. The molecule has 1 aromatic rings. The average Bonchev–Trinajstić information content (AvgIpc) is 2.42. The Bertz CT molecular complexity index is 535. The Morgan fingerprint density at radius 3 is 2.55 bits per heavy atom. The molecule has 108 valence electrons. The van der Waals surface area contributed by atoms with E-state index in [0.29, 0.717) is 17.7 Å². The Hall–Kier alpha value is -2.17. The third-order valence-corrected chi connectivity index (χ3v) is 2.73. The van der Waals surface area contributed by atoms with Gasteiger partial charge in [-0.2, -0.15) is 0 Å². The maximum absolute atomic E-state index is 13.5. The summed E-state index contributed by atoms with van der Waals surface area (Å²) >= 11 is 0. The minimum absolute atomic E-state index is 0.0247. The Morgan fingerprint density at radius 2 is 2.05 bits per heavy atom. The van der Waals surface area contributed by atoms with Crippen molar-refractivity contribution in [3.63, 3.8) is 0 Å². The van der Waals surface area contributed by atoms with Crippen molar-refractivity contribution in [1.82, 2.24) is 0 Å². The fraction of sp³-hybridized carbons (Fsp3) is 0.333. The number of hydrogen-bond donors (Lipinski definition) is 0. The predicted octanol–water partition coefficient (Wildman–Crippen LogP) is 2.92. The highest BCUT2D eigenvalue weighted by Gasteiger charge is 2.09. The number of rotatable bonds is 6. The minimum atomic E-state index is -0.623. The highest BCUT2D eigenvalue weighted by atomic mass is 19.1. The van der Waals surface area contributed by atoms with E-state index in [-0.39, 0.29) is 18.0 Å². The van der Waals surface area contributed by atoms with Gasteiger partial charge in [0.15, 0.2) is 5.78 Å². The van der Waals surface area contributed by atoms with E-state index in [9.17, 15) is 14.0 Å². The maximum Gasteiger partial charge on any atom is 0.333 e. The van der Waals surface area contributed by atoms with Crippen LogP contribution >= 0.6 is 0 Å². The summed E-state index contributed by atoms with van der Waals surface area (Å²) < 4.78 is 23.5. The molecule has 0 unspecified atom stereocenters. The lowest BCUT2D eigenvalue weighted by molar-refractivity contribution is -0.136. The van der Waals surface area contributed by atoms with Gasteiger partial charge in [0, 0.05) is 11.6 Å². The largest absolute Gasteiger partial charge is 0.489 e. The van der Waals surface area contributed by atoms with Gasteiger partial charge in [-0.05, 0) is 31.6 Å². The molecule has 0 spiro atoms. The number of halogens is 1. The van der Waals surface area contributed by atoms with Crippen LogP contribution in [0.25, 0.3) is 0 Å². The number of hydrogen-bond acceptors (Lipinski definition) is 4. The van der Waals surface area contributed by atoms with Gasteiger partial charge in [0.1, 0.15) is 18.2 Å². The fourth-order valence-corrected chi connectivity index (χ4v) is 1.61. The van der Waals surface area contributed by atoms with Crippen LogP contribution < -0.4 is 4.74 Å². The second-order valence-corrected chi connectivity index (χ2v) is 4.08. The summed E-state index contributed by atoms with van der Waals surface area (Å²) in [7, 11) is 1.31. The van der Waals surface area contributed by atoms with Gasteiger partial charge in [-0.3, -0.25) is 4.79 Å². The number of carbonyl (C=O) groups is 2. The highest BCUT2D eigenvalue weighted by Crippen LogP contribution is 2.17. The van der Waals surface area contributed by atoms with E-state index < -0.39 is 11.8 Å². The summed E-state index contributed by atoms with van der Waals surface area (Å²) in [6.45, 7) is 3.24. The number of carbonyl (C=O) groups excluding carboxylic acids is 2. The van der Waals surface area contributed by atoms with Crippen molar-refractivity contribution >= 4 is 11.8 Å². The molecule has 20 heavy (non-hydrogen) atoms. The van der Waals surface area contributed by atoms with Crippen molar-refractivity contribution in [1.29, 1.82) is 0 Å². The zero-order valence-corrected chi connectivity index (χ0v) is 11.7. The summed E-state index contributed by atoms with van der Waals surface area (Å²) in [5.74, 6) is -1.08. The lowest BCUT2D eigenvalue weighted by Crippen LogP contribution is -2.06. The molecule has 0 aliphatic rings. The van der Waals surface area contributed by atoms with Crippen molar-refractivity contribution in [2.24, 2.45) is 0 Å². The zero-order valence-electron chi connectivity index (χ0n) is 11.7. The molecular weight excluding hydrogens is 263 g/mol. The van der Waals surface area contributed by atoms with Crippen LogP contribution in [0, 0.1) is 5.82 Å². The van der Waals surface area contributed by atoms with E-state index in [1.54, 1.807) is 6.08 Å². The zero-order chi connectivity index (χ0) is 15.1. The maximum atomic E-state index is 13.5. The molecule has 1 aromatic carbocycles. The van der Waals surface area contributed by atoms with E-state index in [0.717, 1.165) is 6.07 Å². The van der Waals surface area contributed by atoms with Crippen LogP contribution in [0.3, 0.4) is 0 Å². The third-order valence-electron chi connectivity index (χ3n) is 2.73. The van der Waals surface area contributed by atoms with E-state index in [1.165, 1.54) is 26.2 Å². The molecule has 0 heterocycles. The molecule has 5 heteroatoms. The Morgan fingerprint density at radius 1 is 1.35 bits per heavy atom. The molecule has 0 saturated heterocycles. The van der Waals surface area contributed by atoms with Gasteiger partial charge in [0.05, 0.1) is 12.7 Å². The lowest BCUT2D eigenvalue weighted by atomic mass is 10.1. The van der Waals surface area contributed by atoms with Gasteiger partial charge in [0.25, 0.3) is 0 Å². The summed E-state index contributed by atoms with van der Waals surface area (Å²) in [5, 5.41) is 0. The van der Waals surface area contributed by atoms with Gasteiger partial charge < -0.3 is 9.47 Å². The van der Waals surface area contributed by atoms with Crippen LogP contribution in [0.15, 0.2) is 29.8 Å². The van der Waals surface area contributed by atoms with E-state index in [1.807, 2.05) is 6.92 Å². The van der Waals surface area contributed by atoms with Crippen LogP contribution in [0.2, 0.25) is 0 Å². The minimum Gasteiger partial charge on any atom is -0.489 e. The smallest absolute Gasteiger partial charge is 0.333 e. The molecule has 1 rings (SSSR count). The van der Waals surface area contributed by atoms with Crippen molar-refractivity contribution in [2.45, 2.75) is 20.3 Å². The topological polar surface area (TPSA) is 52.6 Å².